The third-order valence-electron chi connectivity index (χ3n) is 3.76. The van der Waals surface area contributed by atoms with Gasteiger partial charge in [0.2, 0.25) is 0 Å². The zero-order chi connectivity index (χ0) is 19.6. The van der Waals surface area contributed by atoms with E-state index in [1.165, 1.54) is 5.56 Å². The molecule has 0 atom stereocenters. The maximum Gasteiger partial charge on any atom is 0.319 e. The molecule has 0 heterocycles. The average molecular weight is 495 g/mol. The smallest absolute Gasteiger partial charge is 0.319 e. The SMILES string of the molecule is CC(C)NC(=O)Nc1ccc(CNC(=NCc2ccccc2)N(C)C)cc1.I. The summed E-state index contributed by atoms with van der Waals surface area (Å²) >= 11 is 0. The van der Waals surface area contributed by atoms with Crippen molar-refractivity contribution in [1.29, 1.82) is 0 Å². The fourth-order valence-corrected chi connectivity index (χ4v) is 2.42. The number of hydrogen-bond acceptors (Lipinski definition) is 2. The second kappa shape index (κ2) is 12.2. The summed E-state index contributed by atoms with van der Waals surface area (Å²) in [5.41, 5.74) is 3.05. The van der Waals surface area contributed by atoms with E-state index in [1.54, 1.807) is 0 Å². The summed E-state index contributed by atoms with van der Waals surface area (Å²) in [5.74, 6) is 0.831. The second-order valence-electron chi connectivity index (χ2n) is 6.82. The summed E-state index contributed by atoms with van der Waals surface area (Å²) in [5, 5.41) is 8.99. The third kappa shape index (κ3) is 8.60. The molecule has 152 valence electrons. The van der Waals surface area contributed by atoms with Gasteiger partial charge in [-0.2, -0.15) is 0 Å². The van der Waals surface area contributed by atoms with Crippen molar-refractivity contribution < 1.29 is 4.79 Å². The monoisotopic (exact) mass is 495 g/mol. The van der Waals surface area contributed by atoms with E-state index in [-0.39, 0.29) is 36.0 Å². The van der Waals surface area contributed by atoms with Crippen LogP contribution in [0.15, 0.2) is 59.6 Å². The Balaban J connectivity index is 0.00000392. The maximum absolute atomic E-state index is 11.7. The lowest BCUT2D eigenvalue weighted by Crippen LogP contribution is -2.36. The predicted molar refractivity (Wildman–Crippen MR) is 127 cm³/mol. The lowest BCUT2D eigenvalue weighted by atomic mass is 10.2. The average Bonchev–Trinajstić information content (AvgIpc) is 2.63. The number of amides is 2. The summed E-state index contributed by atoms with van der Waals surface area (Å²) in [4.78, 5) is 18.4. The van der Waals surface area contributed by atoms with E-state index in [9.17, 15) is 4.79 Å². The van der Waals surface area contributed by atoms with Crippen LogP contribution >= 0.6 is 24.0 Å². The van der Waals surface area contributed by atoms with Gasteiger partial charge in [-0.15, -0.1) is 24.0 Å². The lowest BCUT2D eigenvalue weighted by Gasteiger charge is -2.18. The van der Waals surface area contributed by atoms with Crippen molar-refractivity contribution in [2.45, 2.75) is 33.0 Å². The number of carbonyl (C=O) groups is 1. The Bertz CT molecular complexity index is 745. The van der Waals surface area contributed by atoms with E-state index in [0.29, 0.717) is 13.1 Å². The van der Waals surface area contributed by atoms with Gasteiger partial charge < -0.3 is 20.9 Å². The molecule has 2 amide bonds. The summed E-state index contributed by atoms with van der Waals surface area (Å²) in [6.07, 6.45) is 0. The molecule has 3 N–H and O–H groups in total. The highest BCUT2D eigenvalue weighted by atomic mass is 127. The molecular weight excluding hydrogens is 465 g/mol. The molecule has 0 fully saturated rings. The minimum Gasteiger partial charge on any atom is -0.352 e. The van der Waals surface area contributed by atoms with Gasteiger partial charge in [0.25, 0.3) is 0 Å². The van der Waals surface area contributed by atoms with Gasteiger partial charge in [-0.1, -0.05) is 42.5 Å². The van der Waals surface area contributed by atoms with Crippen molar-refractivity contribution in [2.75, 3.05) is 19.4 Å². The van der Waals surface area contributed by atoms with Crippen molar-refractivity contribution in [2.24, 2.45) is 4.99 Å². The van der Waals surface area contributed by atoms with Crippen LogP contribution in [0.1, 0.15) is 25.0 Å². The highest BCUT2D eigenvalue weighted by Gasteiger charge is 2.05. The number of benzene rings is 2. The molecule has 6 nitrogen and oxygen atoms in total. The van der Waals surface area contributed by atoms with Crippen LogP contribution in [0.2, 0.25) is 0 Å². The zero-order valence-electron chi connectivity index (χ0n) is 16.9. The quantitative estimate of drug-likeness (QED) is 0.322. The van der Waals surface area contributed by atoms with Crippen LogP contribution < -0.4 is 16.0 Å². The van der Waals surface area contributed by atoms with E-state index < -0.39 is 0 Å². The van der Waals surface area contributed by atoms with Crippen molar-refractivity contribution in [3.8, 4) is 0 Å². The maximum atomic E-state index is 11.7. The van der Waals surface area contributed by atoms with Gasteiger partial charge in [-0.25, -0.2) is 9.79 Å². The first-order valence-corrected chi connectivity index (χ1v) is 9.10. The molecule has 0 unspecified atom stereocenters. The Labute approximate surface area is 184 Å². The number of halogens is 1. The van der Waals surface area contributed by atoms with Crippen LogP contribution in [-0.2, 0) is 13.1 Å². The van der Waals surface area contributed by atoms with Gasteiger partial charge >= 0.3 is 6.03 Å². The van der Waals surface area contributed by atoms with Crippen molar-refractivity contribution in [3.05, 3.63) is 65.7 Å². The van der Waals surface area contributed by atoms with E-state index >= 15 is 0 Å². The van der Waals surface area contributed by atoms with E-state index in [1.807, 2.05) is 75.3 Å². The number of urea groups is 1. The lowest BCUT2D eigenvalue weighted by molar-refractivity contribution is 0.250. The van der Waals surface area contributed by atoms with Gasteiger partial charge in [0, 0.05) is 32.4 Å². The Morgan fingerprint density at radius 1 is 1.00 bits per heavy atom. The van der Waals surface area contributed by atoms with Gasteiger partial charge in [0.15, 0.2) is 5.96 Å². The zero-order valence-corrected chi connectivity index (χ0v) is 19.2. The van der Waals surface area contributed by atoms with Crippen molar-refractivity contribution in [1.82, 2.24) is 15.5 Å². The molecule has 0 radical (unpaired) electrons. The minimum absolute atomic E-state index is 0. The number of aliphatic imine (C=N–C) groups is 1. The van der Waals surface area contributed by atoms with Crippen molar-refractivity contribution >= 4 is 41.7 Å². The second-order valence-corrected chi connectivity index (χ2v) is 6.82. The van der Waals surface area contributed by atoms with Crippen LogP contribution in [0.5, 0.6) is 0 Å². The molecular formula is C21H30IN5O. The highest BCUT2D eigenvalue weighted by molar-refractivity contribution is 14.0. The predicted octanol–water partition coefficient (Wildman–Crippen LogP) is 4.04. The number of anilines is 1. The molecule has 2 aromatic carbocycles. The topological polar surface area (TPSA) is 68.8 Å². The van der Waals surface area contributed by atoms with Gasteiger partial charge in [0.1, 0.15) is 0 Å². The molecule has 7 heteroatoms. The molecule has 0 saturated carbocycles. The Hall–Kier alpha value is -2.29. The normalized spacial score (nSPS) is 10.8. The molecule has 0 aliphatic rings. The van der Waals surface area contributed by atoms with E-state index in [4.69, 9.17) is 0 Å². The van der Waals surface area contributed by atoms with Crippen LogP contribution in [-0.4, -0.2) is 37.0 Å². The first kappa shape index (κ1) is 23.7. The fraction of sp³-hybridized carbons (Fsp3) is 0.333. The minimum atomic E-state index is -0.196. The molecule has 0 bridgehead atoms. The van der Waals surface area contributed by atoms with Gasteiger partial charge in [-0.05, 0) is 37.1 Å². The fourth-order valence-electron chi connectivity index (χ4n) is 2.42. The molecule has 28 heavy (non-hydrogen) atoms. The number of nitrogens with one attached hydrogen (secondary N) is 3. The van der Waals surface area contributed by atoms with Crippen LogP contribution in [0.4, 0.5) is 10.5 Å². The van der Waals surface area contributed by atoms with Crippen molar-refractivity contribution in [3.63, 3.8) is 0 Å². The Morgan fingerprint density at radius 2 is 1.64 bits per heavy atom. The van der Waals surface area contributed by atoms with Gasteiger partial charge in [-0.3, -0.25) is 0 Å². The third-order valence-corrected chi connectivity index (χ3v) is 3.76. The number of rotatable bonds is 6. The standard InChI is InChI=1S/C21H29N5O.HI/c1-16(2)24-21(27)25-19-12-10-18(11-13-19)15-23-20(26(3)4)22-14-17-8-6-5-7-9-17;/h5-13,16H,14-15H2,1-4H3,(H,22,23)(H2,24,25,27);1H. The molecule has 0 aliphatic heterocycles. The number of hydrogen-bond donors (Lipinski definition) is 3. The first-order chi connectivity index (χ1) is 12.9. The van der Waals surface area contributed by atoms with E-state index in [2.05, 4.69) is 33.1 Å². The van der Waals surface area contributed by atoms with E-state index in [0.717, 1.165) is 17.2 Å². The summed E-state index contributed by atoms with van der Waals surface area (Å²) in [6.45, 7) is 5.14. The van der Waals surface area contributed by atoms with Crippen LogP contribution in [0.25, 0.3) is 0 Å². The molecule has 2 rings (SSSR count). The highest BCUT2D eigenvalue weighted by Crippen LogP contribution is 2.09. The number of carbonyl (C=O) groups excluding carboxylic acids is 1. The van der Waals surface area contributed by atoms with Gasteiger partial charge in [0.05, 0.1) is 6.54 Å². The van der Waals surface area contributed by atoms with Crippen LogP contribution in [0, 0.1) is 0 Å². The number of nitrogens with zero attached hydrogens (tertiary/aromatic N) is 2. The Kier molecular flexibility index (Phi) is 10.4. The first-order valence-electron chi connectivity index (χ1n) is 9.10. The molecule has 0 saturated heterocycles. The Morgan fingerprint density at radius 3 is 2.21 bits per heavy atom. The summed E-state index contributed by atoms with van der Waals surface area (Å²) in [7, 11) is 3.94. The van der Waals surface area contributed by atoms with Crippen LogP contribution in [0.3, 0.4) is 0 Å². The molecule has 2 aromatic rings. The number of guanidine groups is 1. The molecule has 0 aliphatic carbocycles. The summed E-state index contributed by atoms with van der Waals surface area (Å²) in [6, 6.07) is 17.9. The largest absolute Gasteiger partial charge is 0.352 e. The molecule has 0 aromatic heterocycles. The molecule has 0 spiro atoms. The summed E-state index contributed by atoms with van der Waals surface area (Å²) < 4.78 is 0.